The minimum absolute atomic E-state index is 0.0186. The fourth-order valence-corrected chi connectivity index (χ4v) is 2.57. The van der Waals surface area contributed by atoms with Gasteiger partial charge in [0, 0.05) is 18.3 Å². The van der Waals surface area contributed by atoms with Crippen molar-refractivity contribution in [3.63, 3.8) is 0 Å². The third-order valence-corrected chi connectivity index (χ3v) is 3.86. The number of nitrogens with two attached hydrogens (primary N) is 1. The summed E-state index contributed by atoms with van der Waals surface area (Å²) in [5.74, 6) is 5.70. The SMILES string of the molecule is CCC(CC)n1ccc(CC(NN)c2cccc(C)n2)n1. The van der Waals surface area contributed by atoms with Gasteiger partial charge < -0.3 is 0 Å². The summed E-state index contributed by atoms with van der Waals surface area (Å²) < 4.78 is 2.06. The zero-order valence-corrected chi connectivity index (χ0v) is 13.1. The molecule has 2 rings (SSSR count). The standard InChI is InChI=1S/C16H25N5/c1-4-14(5-2)21-10-9-13(20-21)11-16(19-17)15-8-6-7-12(3)18-15/h6-10,14,16,19H,4-5,11,17H2,1-3H3. The molecule has 0 spiro atoms. The lowest BCUT2D eigenvalue weighted by atomic mass is 10.1. The molecule has 0 amide bonds. The van der Waals surface area contributed by atoms with Gasteiger partial charge in [-0.3, -0.25) is 20.9 Å². The number of rotatable bonds is 7. The largest absolute Gasteiger partial charge is 0.271 e. The van der Waals surface area contributed by atoms with Gasteiger partial charge in [0.25, 0.3) is 0 Å². The molecule has 0 saturated carbocycles. The Morgan fingerprint density at radius 2 is 2.00 bits per heavy atom. The van der Waals surface area contributed by atoms with E-state index in [2.05, 4.69) is 46.3 Å². The molecule has 0 radical (unpaired) electrons. The highest BCUT2D eigenvalue weighted by molar-refractivity contribution is 5.16. The molecule has 2 aromatic rings. The highest BCUT2D eigenvalue weighted by atomic mass is 15.3. The molecule has 2 aromatic heterocycles. The number of nitrogens with zero attached hydrogens (tertiary/aromatic N) is 3. The molecule has 1 unspecified atom stereocenters. The van der Waals surface area contributed by atoms with Crippen molar-refractivity contribution >= 4 is 0 Å². The van der Waals surface area contributed by atoms with Crippen LogP contribution in [0.1, 0.15) is 55.9 Å². The summed E-state index contributed by atoms with van der Waals surface area (Å²) in [5.41, 5.74) is 5.83. The smallest absolute Gasteiger partial charge is 0.0688 e. The Balaban J connectivity index is 2.12. The normalized spacial score (nSPS) is 12.8. The molecule has 21 heavy (non-hydrogen) atoms. The van der Waals surface area contributed by atoms with Gasteiger partial charge in [-0.1, -0.05) is 19.9 Å². The van der Waals surface area contributed by atoms with Crippen molar-refractivity contribution in [2.75, 3.05) is 0 Å². The third-order valence-electron chi connectivity index (χ3n) is 3.86. The van der Waals surface area contributed by atoms with Crippen LogP contribution in [0.25, 0.3) is 0 Å². The van der Waals surface area contributed by atoms with Crippen LogP contribution in [0.4, 0.5) is 0 Å². The predicted molar refractivity (Wildman–Crippen MR) is 84.6 cm³/mol. The predicted octanol–water partition coefficient (Wildman–Crippen LogP) is 2.69. The Morgan fingerprint density at radius 3 is 2.62 bits per heavy atom. The summed E-state index contributed by atoms with van der Waals surface area (Å²) in [7, 11) is 0. The van der Waals surface area contributed by atoms with Crippen molar-refractivity contribution in [1.29, 1.82) is 0 Å². The van der Waals surface area contributed by atoms with Gasteiger partial charge in [0.2, 0.25) is 0 Å². The minimum atomic E-state index is -0.0186. The number of hydrazine groups is 1. The van der Waals surface area contributed by atoms with Crippen LogP contribution in [-0.2, 0) is 6.42 Å². The third kappa shape index (κ3) is 3.89. The van der Waals surface area contributed by atoms with E-state index in [9.17, 15) is 0 Å². The topological polar surface area (TPSA) is 68.8 Å². The van der Waals surface area contributed by atoms with Crippen LogP contribution in [0.15, 0.2) is 30.5 Å². The Morgan fingerprint density at radius 1 is 1.24 bits per heavy atom. The second-order valence-corrected chi connectivity index (χ2v) is 5.38. The molecule has 0 aromatic carbocycles. The molecule has 0 bridgehead atoms. The number of pyridine rings is 1. The molecule has 0 aliphatic heterocycles. The lowest BCUT2D eigenvalue weighted by Crippen LogP contribution is -2.30. The highest BCUT2D eigenvalue weighted by Gasteiger charge is 2.15. The van der Waals surface area contributed by atoms with E-state index >= 15 is 0 Å². The summed E-state index contributed by atoms with van der Waals surface area (Å²) in [6.45, 7) is 6.37. The second-order valence-electron chi connectivity index (χ2n) is 5.38. The van der Waals surface area contributed by atoms with E-state index < -0.39 is 0 Å². The Hall–Kier alpha value is -1.72. The van der Waals surface area contributed by atoms with Gasteiger partial charge in [-0.25, -0.2) is 0 Å². The lowest BCUT2D eigenvalue weighted by Gasteiger charge is -2.15. The molecule has 2 heterocycles. The Kier molecular flexibility index (Phi) is 5.47. The summed E-state index contributed by atoms with van der Waals surface area (Å²) in [6, 6.07) is 8.51. The fourth-order valence-electron chi connectivity index (χ4n) is 2.57. The average molecular weight is 287 g/mol. The number of nitrogens with one attached hydrogen (secondary N) is 1. The minimum Gasteiger partial charge on any atom is -0.271 e. The maximum Gasteiger partial charge on any atom is 0.0688 e. The molecule has 1 atom stereocenters. The highest BCUT2D eigenvalue weighted by Crippen LogP contribution is 2.18. The van der Waals surface area contributed by atoms with E-state index in [-0.39, 0.29) is 6.04 Å². The summed E-state index contributed by atoms with van der Waals surface area (Å²) >= 11 is 0. The van der Waals surface area contributed by atoms with Crippen molar-refractivity contribution in [1.82, 2.24) is 20.2 Å². The van der Waals surface area contributed by atoms with E-state index in [1.54, 1.807) is 0 Å². The van der Waals surface area contributed by atoms with E-state index in [1.165, 1.54) is 0 Å². The quantitative estimate of drug-likeness (QED) is 0.607. The zero-order valence-electron chi connectivity index (χ0n) is 13.1. The van der Waals surface area contributed by atoms with Crippen LogP contribution >= 0.6 is 0 Å². The lowest BCUT2D eigenvalue weighted by molar-refractivity contribution is 0.422. The van der Waals surface area contributed by atoms with Gasteiger partial charge in [-0.15, -0.1) is 0 Å². The number of hydrogen-bond donors (Lipinski definition) is 2. The van der Waals surface area contributed by atoms with E-state index in [1.807, 2.05) is 25.1 Å². The van der Waals surface area contributed by atoms with Crippen molar-refractivity contribution in [2.45, 2.75) is 52.1 Å². The summed E-state index contributed by atoms with van der Waals surface area (Å²) in [5, 5.41) is 4.68. The molecule has 114 valence electrons. The summed E-state index contributed by atoms with van der Waals surface area (Å²) in [6.07, 6.45) is 4.98. The summed E-state index contributed by atoms with van der Waals surface area (Å²) in [4.78, 5) is 4.54. The first-order valence-corrected chi connectivity index (χ1v) is 7.61. The maximum atomic E-state index is 5.70. The molecule has 5 nitrogen and oxygen atoms in total. The molecular weight excluding hydrogens is 262 g/mol. The van der Waals surface area contributed by atoms with Crippen LogP contribution in [-0.4, -0.2) is 14.8 Å². The molecular formula is C16H25N5. The molecule has 0 aliphatic carbocycles. The van der Waals surface area contributed by atoms with Gasteiger partial charge in [0.1, 0.15) is 0 Å². The maximum absolute atomic E-state index is 5.70. The van der Waals surface area contributed by atoms with Crippen LogP contribution in [0, 0.1) is 6.92 Å². The van der Waals surface area contributed by atoms with Gasteiger partial charge in [0.15, 0.2) is 0 Å². The average Bonchev–Trinajstić information content (AvgIpc) is 2.94. The molecule has 0 fully saturated rings. The number of aromatic nitrogens is 3. The monoisotopic (exact) mass is 287 g/mol. The number of hydrogen-bond acceptors (Lipinski definition) is 4. The van der Waals surface area contributed by atoms with Crippen LogP contribution in [0.3, 0.4) is 0 Å². The van der Waals surface area contributed by atoms with Crippen LogP contribution in [0.5, 0.6) is 0 Å². The van der Waals surface area contributed by atoms with Gasteiger partial charge in [-0.05, 0) is 38.0 Å². The first-order chi connectivity index (χ1) is 10.2. The van der Waals surface area contributed by atoms with Crippen LogP contribution < -0.4 is 11.3 Å². The van der Waals surface area contributed by atoms with Crippen molar-refractivity contribution in [3.8, 4) is 0 Å². The van der Waals surface area contributed by atoms with E-state index in [4.69, 9.17) is 5.84 Å². The molecule has 5 heteroatoms. The van der Waals surface area contributed by atoms with Gasteiger partial charge in [-0.2, -0.15) is 5.10 Å². The first kappa shape index (κ1) is 15.7. The van der Waals surface area contributed by atoms with Gasteiger partial charge >= 0.3 is 0 Å². The van der Waals surface area contributed by atoms with Crippen molar-refractivity contribution in [2.24, 2.45) is 5.84 Å². The molecule has 0 saturated heterocycles. The number of aryl methyl sites for hydroxylation is 1. The first-order valence-electron chi connectivity index (χ1n) is 7.61. The second kappa shape index (κ2) is 7.33. The molecule has 0 aliphatic rings. The van der Waals surface area contributed by atoms with Crippen molar-refractivity contribution in [3.05, 3.63) is 47.5 Å². The fraction of sp³-hybridized carbons (Fsp3) is 0.500. The Bertz CT molecular complexity index is 559. The van der Waals surface area contributed by atoms with Crippen molar-refractivity contribution < 1.29 is 0 Å². The van der Waals surface area contributed by atoms with Crippen LogP contribution in [0.2, 0.25) is 0 Å². The zero-order chi connectivity index (χ0) is 15.2. The van der Waals surface area contributed by atoms with E-state index in [0.717, 1.165) is 36.3 Å². The Labute approximate surface area is 126 Å². The van der Waals surface area contributed by atoms with Gasteiger partial charge in [0.05, 0.1) is 23.5 Å². The van der Waals surface area contributed by atoms with E-state index in [0.29, 0.717) is 6.04 Å². The molecule has 3 N–H and O–H groups in total.